The lowest BCUT2D eigenvalue weighted by atomic mass is 9.98. The van der Waals surface area contributed by atoms with Crippen molar-refractivity contribution in [2.24, 2.45) is 0 Å². The normalized spacial score (nSPS) is 10.4. The topological polar surface area (TPSA) is 63.3 Å². The molecule has 3 nitrogen and oxygen atoms in total. The van der Waals surface area contributed by atoms with E-state index in [4.69, 9.17) is 34.7 Å². The van der Waals surface area contributed by atoms with E-state index in [0.29, 0.717) is 26.7 Å². The first kappa shape index (κ1) is 15.5. The van der Waals surface area contributed by atoms with E-state index in [-0.39, 0.29) is 6.42 Å². The van der Waals surface area contributed by atoms with E-state index in [0.717, 1.165) is 11.1 Å². The highest BCUT2D eigenvalue weighted by Gasteiger charge is 2.16. The van der Waals surface area contributed by atoms with Crippen LogP contribution in [0.1, 0.15) is 22.3 Å². The van der Waals surface area contributed by atoms with Crippen molar-refractivity contribution in [2.45, 2.75) is 13.3 Å². The summed E-state index contributed by atoms with van der Waals surface area (Å²) in [6.45, 7) is 1.99. The molecule has 0 bridgehead atoms. The average molecular weight is 320 g/mol. The first-order chi connectivity index (χ1) is 9.90. The first-order valence-electron chi connectivity index (χ1n) is 6.30. The second kappa shape index (κ2) is 6.24. The molecule has 0 radical (unpaired) electrons. The van der Waals surface area contributed by atoms with Gasteiger partial charge in [-0.1, -0.05) is 53.6 Å². The van der Waals surface area contributed by atoms with Crippen molar-refractivity contribution in [1.82, 2.24) is 0 Å². The summed E-state index contributed by atoms with van der Waals surface area (Å²) in [7, 11) is 0. The summed E-state index contributed by atoms with van der Waals surface area (Å²) < 4.78 is 0. The fourth-order valence-corrected chi connectivity index (χ4v) is 2.57. The summed E-state index contributed by atoms with van der Waals surface area (Å²) in [4.78, 5) is 11.5. The zero-order valence-electron chi connectivity index (χ0n) is 11.4. The van der Waals surface area contributed by atoms with Gasteiger partial charge in [-0.2, -0.15) is 0 Å². The fourth-order valence-electron chi connectivity index (χ4n) is 2.03. The molecule has 2 aromatic carbocycles. The molecular weight excluding hydrogens is 306 g/mol. The van der Waals surface area contributed by atoms with Gasteiger partial charge in [0.05, 0.1) is 11.3 Å². The Labute approximate surface area is 133 Å². The summed E-state index contributed by atoms with van der Waals surface area (Å²) in [5, 5.41) is 9.28. The van der Waals surface area contributed by atoms with E-state index in [1.807, 2.05) is 31.2 Å². The Morgan fingerprint density at radius 1 is 1.24 bits per heavy atom. The number of anilines is 1. The van der Waals surface area contributed by atoms with E-state index in [1.165, 1.54) is 0 Å². The van der Waals surface area contributed by atoms with Gasteiger partial charge in [-0.25, -0.2) is 0 Å². The van der Waals surface area contributed by atoms with Gasteiger partial charge in [-0.3, -0.25) is 4.79 Å². The number of carbonyl (C=O) groups is 1. The number of halogens is 1. The van der Waals surface area contributed by atoms with Crippen LogP contribution in [0.5, 0.6) is 0 Å². The number of benzene rings is 2. The van der Waals surface area contributed by atoms with Crippen molar-refractivity contribution in [3.63, 3.8) is 0 Å². The number of nitrogens with two attached hydrogens (primary N) is 1. The quantitative estimate of drug-likeness (QED) is 0.513. The SMILES string of the molecule is Cc1ccc(C(=S)c2ccc(Cl)c(CC(=O)O)c2N)cc1. The second-order valence-electron chi connectivity index (χ2n) is 4.75. The van der Waals surface area contributed by atoms with Crippen molar-refractivity contribution in [1.29, 1.82) is 0 Å². The molecule has 0 aromatic heterocycles. The highest BCUT2D eigenvalue weighted by molar-refractivity contribution is 7.81. The molecule has 5 heteroatoms. The molecule has 0 spiro atoms. The molecule has 0 heterocycles. The molecule has 0 amide bonds. The van der Waals surface area contributed by atoms with Crippen LogP contribution in [0, 0.1) is 6.92 Å². The molecule has 0 aliphatic rings. The lowest BCUT2D eigenvalue weighted by Gasteiger charge is -2.13. The van der Waals surface area contributed by atoms with Gasteiger partial charge in [0.25, 0.3) is 0 Å². The number of carboxylic acids is 1. The minimum absolute atomic E-state index is 0.227. The zero-order valence-corrected chi connectivity index (χ0v) is 13.0. The van der Waals surface area contributed by atoms with Crippen LogP contribution in [0.2, 0.25) is 5.02 Å². The maximum absolute atomic E-state index is 10.9. The number of nitrogen functional groups attached to an aromatic ring is 1. The third kappa shape index (κ3) is 3.40. The van der Waals surface area contributed by atoms with Crippen molar-refractivity contribution < 1.29 is 9.90 Å². The second-order valence-corrected chi connectivity index (χ2v) is 5.57. The standard InChI is InChI=1S/C16H14ClNO2S/c1-9-2-4-10(5-3-9)16(21)11-6-7-13(17)12(15(11)18)8-14(19)20/h2-7H,8,18H2,1H3,(H,19,20). The van der Waals surface area contributed by atoms with E-state index >= 15 is 0 Å². The molecule has 0 aliphatic carbocycles. The maximum atomic E-state index is 10.9. The van der Waals surface area contributed by atoms with Crippen LogP contribution >= 0.6 is 23.8 Å². The first-order valence-corrected chi connectivity index (χ1v) is 7.08. The molecular formula is C16H14ClNO2S. The van der Waals surface area contributed by atoms with Crippen LogP contribution in [-0.4, -0.2) is 15.9 Å². The summed E-state index contributed by atoms with van der Waals surface area (Å²) in [5.41, 5.74) is 9.43. The Kier molecular flexibility index (Phi) is 4.60. The van der Waals surface area contributed by atoms with Gasteiger partial charge in [0.1, 0.15) is 0 Å². The largest absolute Gasteiger partial charge is 0.481 e. The highest BCUT2D eigenvalue weighted by atomic mass is 35.5. The van der Waals surface area contributed by atoms with Crippen molar-refractivity contribution in [3.05, 3.63) is 63.7 Å². The van der Waals surface area contributed by atoms with Crippen LogP contribution in [0.25, 0.3) is 0 Å². The Hall–Kier alpha value is -1.91. The van der Waals surface area contributed by atoms with Gasteiger partial charge in [-0.05, 0) is 24.6 Å². The van der Waals surface area contributed by atoms with Crippen molar-refractivity contribution in [3.8, 4) is 0 Å². The lowest BCUT2D eigenvalue weighted by Crippen LogP contribution is -2.10. The molecule has 0 saturated carbocycles. The van der Waals surface area contributed by atoms with E-state index in [2.05, 4.69) is 0 Å². The van der Waals surface area contributed by atoms with Crippen molar-refractivity contribution in [2.75, 3.05) is 5.73 Å². The molecule has 0 unspecified atom stereocenters. The number of thiocarbonyl (C=S) groups is 1. The van der Waals surface area contributed by atoms with Crippen LogP contribution in [0.15, 0.2) is 36.4 Å². The molecule has 21 heavy (non-hydrogen) atoms. The Morgan fingerprint density at radius 3 is 2.43 bits per heavy atom. The summed E-state index contributed by atoms with van der Waals surface area (Å²) in [5.74, 6) is -0.984. The molecule has 0 aliphatic heterocycles. The van der Waals surface area contributed by atoms with Gasteiger partial charge in [0.15, 0.2) is 0 Å². The van der Waals surface area contributed by atoms with Crippen LogP contribution < -0.4 is 5.73 Å². The highest BCUT2D eigenvalue weighted by Crippen LogP contribution is 2.28. The number of hydrogen-bond acceptors (Lipinski definition) is 3. The molecule has 0 fully saturated rings. The van der Waals surface area contributed by atoms with Gasteiger partial charge in [-0.15, -0.1) is 0 Å². The van der Waals surface area contributed by atoms with E-state index < -0.39 is 5.97 Å². The van der Waals surface area contributed by atoms with Crippen LogP contribution in [-0.2, 0) is 11.2 Å². The van der Waals surface area contributed by atoms with E-state index in [9.17, 15) is 4.79 Å². The van der Waals surface area contributed by atoms with Crippen LogP contribution in [0.4, 0.5) is 5.69 Å². The minimum atomic E-state index is -0.984. The average Bonchev–Trinajstić information content (AvgIpc) is 2.43. The molecule has 0 saturated heterocycles. The fraction of sp³-hybridized carbons (Fsp3) is 0.125. The molecule has 2 aromatic rings. The minimum Gasteiger partial charge on any atom is -0.481 e. The number of aliphatic carboxylic acids is 1. The van der Waals surface area contributed by atoms with Gasteiger partial charge in [0.2, 0.25) is 0 Å². The monoisotopic (exact) mass is 319 g/mol. The molecule has 3 N–H and O–H groups in total. The van der Waals surface area contributed by atoms with Gasteiger partial charge < -0.3 is 10.8 Å². The predicted octanol–water partition coefficient (Wildman–Crippen LogP) is 3.62. The van der Waals surface area contributed by atoms with Crippen molar-refractivity contribution >= 4 is 40.3 Å². The third-order valence-corrected chi connectivity index (χ3v) is 4.00. The maximum Gasteiger partial charge on any atom is 0.307 e. The van der Waals surface area contributed by atoms with Gasteiger partial charge >= 0.3 is 5.97 Å². The Bertz CT molecular complexity index is 711. The molecule has 2 rings (SSSR count). The number of rotatable bonds is 4. The smallest absolute Gasteiger partial charge is 0.307 e. The molecule has 108 valence electrons. The zero-order chi connectivity index (χ0) is 15.6. The lowest BCUT2D eigenvalue weighted by molar-refractivity contribution is -0.136. The van der Waals surface area contributed by atoms with Gasteiger partial charge in [0, 0.05) is 21.8 Å². The Balaban J connectivity index is 2.46. The molecule has 0 atom stereocenters. The third-order valence-electron chi connectivity index (χ3n) is 3.19. The number of aryl methyl sites for hydroxylation is 1. The van der Waals surface area contributed by atoms with E-state index in [1.54, 1.807) is 12.1 Å². The Morgan fingerprint density at radius 2 is 1.86 bits per heavy atom. The summed E-state index contributed by atoms with van der Waals surface area (Å²) in [6.07, 6.45) is -0.227. The number of hydrogen-bond donors (Lipinski definition) is 2. The summed E-state index contributed by atoms with van der Waals surface area (Å²) >= 11 is 11.5. The number of carboxylic acid groups (broad SMARTS) is 1. The van der Waals surface area contributed by atoms with Crippen LogP contribution in [0.3, 0.4) is 0 Å². The summed E-state index contributed by atoms with van der Waals surface area (Å²) in [6, 6.07) is 11.1. The predicted molar refractivity (Wildman–Crippen MR) is 89.2 cm³/mol.